The number of Topliss-reactive ketones (excluding diaryl/α,β-unsaturated/α-hetero) is 2. The number of aliphatic hydroxyl groups excluding tert-OH is 1. The van der Waals surface area contributed by atoms with Crippen molar-refractivity contribution in [1.82, 2.24) is 14.8 Å². The molecule has 59 heavy (non-hydrogen) atoms. The molecule has 0 radical (unpaired) electrons. The van der Waals surface area contributed by atoms with Crippen molar-refractivity contribution in [3.05, 3.63) is 36.0 Å². The van der Waals surface area contributed by atoms with E-state index in [4.69, 9.17) is 28.4 Å². The summed E-state index contributed by atoms with van der Waals surface area (Å²) >= 11 is 0. The third kappa shape index (κ3) is 9.46. The SMILES string of the molecule is CC[C@H]1OC(=O)[C@H](C)C(=O)[C@H](C)[C@@H](O[C@@H]2O[C@H](C)C[C@H](N(C)C)[C@H]2O)[C@](C)(OC)C[C@@H](C)C(=O)[C@H](C)[C@H]2N(CCCCc3ccnc4ccc(OC)cc34)C(=O)O[C@]12C. The van der Waals surface area contributed by atoms with Crippen LogP contribution in [-0.2, 0) is 44.5 Å². The minimum Gasteiger partial charge on any atom is -0.497 e. The second-order valence-electron chi connectivity index (χ2n) is 17.7. The van der Waals surface area contributed by atoms with Crippen LogP contribution in [0.5, 0.6) is 5.75 Å². The van der Waals surface area contributed by atoms with Gasteiger partial charge in [-0.3, -0.25) is 19.4 Å². The molecule has 1 N–H and O–H groups in total. The summed E-state index contributed by atoms with van der Waals surface area (Å²) in [4.78, 5) is 65.1. The zero-order valence-electron chi connectivity index (χ0n) is 37.1. The van der Waals surface area contributed by atoms with Gasteiger partial charge in [-0.05, 0) is 110 Å². The zero-order valence-corrected chi connectivity index (χ0v) is 37.1. The van der Waals surface area contributed by atoms with Crippen LogP contribution in [0.25, 0.3) is 10.9 Å². The summed E-state index contributed by atoms with van der Waals surface area (Å²) in [6, 6.07) is 6.70. The molecule has 3 aliphatic rings. The van der Waals surface area contributed by atoms with Gasteiger partial charge in [-0.15, -0.1) is 0 Å². The number of unbranched alkanes of at least 4 members (excludes halogenated alkanes) is 1. The summed E-state index contributed by atoms with van der Waals surface area (Å²) in [5, 5.41) is 12.5. The van der Waals surface area contributed by atoms with Crippen LogP contribution >= 0.6 is 0 Å². The van der Waals surface area contributed by atoms with E-state index in [1.165, 1.54) is 14.0 Å². The Kier molecular flexibility index (Phi) is 14.9. The number of hydrogen-bond acceptors (Lipinski definition) is 13. The summed E-state index contributed by atoms with van der Waals surface area (Å²) < 4.78 is 36.7. The Hall–Kier alpha value is -3.69. The lowest BCUT2D eigenvalue weighted by atomic mass is 9.73. The minimum absolute atomic E-state index is 0.128. The molecule has 3 fully saturated rings. The standard InChI is InChI=1S/C45H67N3O11/c1-13-35-45(8)39(48(43(53)59-45)21-15-14-16-30-19-20-46-33-18-17-31(54-11)23-32(30)33)27(4)36(49)25(2)24-44(7,55-12)40(28(5)37(50)29(6)41(52)57-35)58-42-38(51)34(47(9)10)22-26(3)56-42/h17-20,23,25-29,34-35,38-40,42,51H,13-16,21-22,24H2,1-12H3/t25-,26-,27+,28+,29-,34+,35-,38-,39-,40-,42+,44-,45-/m1/s1. The fourth-order valence-electron chi connectivity index (χ4n) is 9.83. The highest BCUT2D eigenvalue weighted by molar-refractivity contribution is 6.00. The van der Waals surface area contributed by atoms with Crippen LogP contribution in [0.4, 0.5) is 4.79 Å². The average molecular weight is 826 g/mol. The molecule has 5 rings (SSSR count). The van der Waals surface area contributed by atoms with Crippen molar-refractivity contribution >= 4 is 34.5 Å². The number of aromatic nitrogens is 1. The minimum atomic E-state index is -1.41. The molecule has 1 aromatic heterocycles. The van der Waals surface area contributed by atoms with Gasteiger partial charge >= 0.3 is 12.1 Å². The van der Waals surface area contributed by atoms with E-state index in [-0.39, 0.29) is 30.8 Å². The lowest BCUT2D eigenvalue weighted by Crippen LogP contribution is -2.60. The molecule has 0 saturated carbocycles. The molecule has 0 bridgehead atoms. The van der Waals surface area contributed by atoms with Gasteiger partial charge in [0.25, 0.3) is 0 Å². The summed E-state index contributed by atoms with van der Waals surface area (Å²) in [6.07, 6.45) is -0.224. The predicted octanol–water partition coefficient (Wildman–Crippen LogP) is 5.77. The fraction of sp³-hybridized carbons (Fsp3) is 0.711. The first-order valence-electron chi connectivity index (χ1n) is 21.2. The molecule has 3 saturated heterocycles. The number of cyclic esters (lactones) is 1. The highest BCUT2D eigenvalue weighted by Crippen LogP contribution is 2.43. The number of pyridine rings is 1. The van der Waals surface area contributed by atoms with Gasteiger partial charge in [-0.2, -0.15) is 0 Å². The molecule has 4 heterocycles. The Morgan fingerprint density at radius 3 is 2.34 bits per heavy atom. The summed E-state index contributed by atoms with van der Waals surface area (Å²) in [5.41, 5.74) is -0.706. The monoisotopic (exact) mass is 825 g/mol. The lowest BCUT2D eigenvalue weighted by Gasteiger charge is -2.47. The molecule has 0 spiro atoms. The summed E-state index contributed by atoms with van der Waals surface area (Å²) in [6.45, 7) is 14.3. The number of rotatable bonds is 11. The fourth-order valence-corrected chi connectivity index (χ4v) is 9.83. The van der Waals surface area contributed by atoms with Gasteiger partial charge in [0, 0.05) is 49.0 Å². The lowest BCUT2D eigenvalue weighted by molar-refractivity contribution is -0.295. The Morgan fingerprint density at radius 1 is 0.983 bits per heavy atom. The Balaban J connectivity index is 1.46. The number of likely N-dealkylation sites (N-methyl/N-ethyl adjacent to an activating group) is 1. The molecular formula is C45H67N3O11. The maximum absolute atomic E-state index is 14.8. The number of aryl methyl sites for hydroxylation is 1. The summed E-state index contributed by atoms with van der Waals surface area (Å²) in [7, 11) is 6.87. The number of amides is 1. The number of nitrogens with zero attached hydrogens (tertiary/aromatic N) is 3. The van der Waals surface area contributed by atoms with Crippen molar-refractivity contribution in [2.75, 3.05) is 34.9 Å². The first-order valence-corrected chi connectivity index (χ1v) is 21.2. The van der Waals surface area contributed by atoms with Crippen LogP contribution in [0, 0.1) is 23.7 Å². The molecule has 13 atom stereocenters. The van der Waals surface area contributed by atoms with E-state index in [9.17, 15) is 24.3 Å². The van der Waals surface area contributed by atoms with Gasteiger partial charge in [-0.1, -0.05) is 27.7 Å². The van der Waals surface area contributed by atoms with Gasteiger partial charge in [0.2, 0.25) is 0 Å². The first-order chi connectivity index (χ1) is 27.8. The van der Waals surface area contributed by atoms with Gasteiger partial charge < -0.3 is 43.3 Å². The van der Waals surface area contributed by atoms with E-state index in [0.717, 1.165) is 35.1 Å². The third-order valence-corrected chi connectivity index (χ3v) is 13.3. The zero-order chi connectivity index (χ0) is 43.6. The van der Waals surface area contributed by atoms with Crippen LogP contribution in [0.15, 0.2) is 30.5 Å². The van der Waals surface area contributed by atoms with E-state index in [1.54, 1.807) is 45.9 Å². The van der Waals surface area contributed by atoms with Crippen molar-refractivity contribution in [2.24, 2.45) is 23.7 Å². The number of ketones is 2. The first kappa shape index (κ1) is 46.4. The number of esters is 1. The van der Waals surface area contributed by atoms with Gasteiger partial charge in [-0.25, -0.2) is 4.79 Å². The van der Waals surface area contributed by atoms with Crippen molar-refractivity contribution in [3.8, 4) is 5.75 Å². The van der Waals surface area contributed by atoms with Gasteiger partial charge in [0.1, 0.15) is 29.7 Å². The van der Waals surface area contributed by atoms with E-state index >= 15 is 0 Å². The van der Waals surface area contributed by atoms with E-state index in [1.807, 2.05) is 64.0 Å². The number of carbonyl (C=O) groups excluding carboxylic acids is 4. The number of hydrogen-bond donors (Lipinski definition) is 1. The molecule has 2 aromatic rings. The molecule has 3 aliphatic heterocycles. The normalized spacial score (nSPS) is 36.3. The topological polar surface area (TPSA) is 163 Å². The number of benzene rings is 1. The van der Waals surface area contributed by atoms with Gasteiger partial charge in [0.05, 0.1) is 36.5 Å². The highest BCUT2D eigenvalue weighted by atomic mass is 16.7. The third-order valence-electron chi connectivity index (χ3n) is 13.3. The number of ether oxygens (including phenoxy) is 6. The Bertz CT molecular complexity index is 1820. The van der Waals surface area contributed by atoms with E-state index in [0.29, 0.717) is 19.4 Å². The molecule has 1 amide bonds. The highest BCUT2D eigenvalue weighted by Gasteiger charge is 2.60. The Morgan fingerprint density at radius 2 is 1.69 bits per heavy atom. The number of fused-ring (bicyclic) bond motifs is 2. The van der Waals surface area contributed by atoms with Crippen molar-refractivity contribution in [3.63, 3.8) is 0 Å². The number of aliphatic hydroxyl groups is 1. The van der Waals surface area contributed by atoms with Crippen LogP contribution in [0.1, 0.15) is 93.1 Å². The molecule has 328 valence electrons. The van der Waals surface area contributed by atoms with Crippen LogP contribution < -0.4 is 4.74 Å². The second kappa shape index (κ2) is 18.9. The molecule has 0 aliphatic carbocycles. The molecule has 0 unspecified atom stereocenters. The van der Waals surface area contributed by atoms with Crippen LogP contribution in [0.2, 0.25) is 0 Å². The number of methoxy groups -OCH3 is 2. The van der Waals surface area contributed by atoms with E-state index < -0.39 is 83.4 Å². The van der Waals surface area contributed by atoms with Crippen molar-refractivity contribution < 1.29 is 52.7 Å². The summed E-state index contributed by atoms with van der Waals surface area (Å²) in [5.74, 6) is -4.22. The maximum atomic E-state index is 14.8. The maximum Gasteiger partial charge on any atom is 0.410 e. The molecule has 14 nitrogen and oxygen atoms in total. The van der Waals surface area contributed by atoms with Crippen LogP contribution in [-0.4, -0.2) is 132 Å². The molecule has 1 aromatic carbocycles. The molecule has 14 heteroatoms. The number of carbonyl (C=O) groups is 4. The largest absolute Gasteiger partial charge is 0.497 e. The van der Waals surface area contributed by atoms with Crippen molar-refractivity contribution in [1.29, 1.82) is 0 Å². The van der Waals surface area contributed by atoms with Crippen LogP contribution in [0.3, 0.4) is 0 Å². The second-order valence-corrected chi connectivity index (χ2v) is 17.7. The Labute approximate surface area is 349 Å². The average Bonchev–Trinajstić information content (AvgIpc) is 3.47. The molecular weight excluding hydrogens is 759 g/mol. The smallest absolute Gasteiger partial charge is 0.410 e. The van der Waals surface area contributed by atoms with Gasteiger partial charge in [0.15, 0.2) is 17.7 Å². The predicted molar refractivity (Wildman–Crippen MR) is 221 cm³/mol. The van der Waals surface area contributed by atoms with E-state index in [2.05, 4.69) is 4.98 Å². The van der Waals surface area contributed by atoms with Crippen molar-refractivity contribution in [2.45, 2.75) is 148 Å². The quantitative estimate of drug-likeness (QED) is 0.165.